The number of fused-ring (bicyclic) bond motifs is 1. The highest BCUT2D eigenvalue weighted by Gasteiger charge is 2.30. The first-order valence-electron chi connectivity index (χ1n) is 11.3. The van der Waals surface area contributed by atoms with Crippen molar-refractivity contribution in [1.82, 2.24) is 0 Å². The smallest absolute Gasteiger partial charge is 0.325 e. The monoisotopic (exact) mass is 508 g/mol. The summed E-state index contributed by atoms with van der Waals surface area (Å²) in [6.45, 7) is 1.83. The highest BCUT2D eigenvalue weighted by molar-refractivity contribution is 8.00. The number of alkyl halides is 3. The van der Waals surface area contributed by atoms with Crippen LogP contribution in [0.15, 0.2) is 95.9 Å². The molecule has 0 fully saturated rings. The molecule has 8 heteroatoms. The van der Waals surface area contributed by atoms with Crippen LogP contribution in [0.1, 0.15) is 29.3 Å². The Morgan fingerprint density at radius 2 is 1.50 bits per heavy atom. The second-order valence-corrected chi connectivity index (χ2v) is 9.40. The van der Waals surface area contributed by atoms with E-state index in [1.54, 1.807) is 24.3 Å². The van der Waals surface area contributed by atoms with Crippen LogP contribution in [0.4, 0.5) is 24.5 Å². The van der Waals surface area contributed by atoms with Crippen LogP contribution < -0.4 is 10.6 Å². The fourth-order valence-corrected chi connectivity index (χ4v) is 4.68. The van der Waals surface area contributed by atoms with Crippen LogP contribution in [0.2, 0.25) is 0 Å². The summed E-state index contributed by atoms with van der Waals surface area (Å²) in [5.41, 5.74) is 0.367. The van der Waals surface area contributed by atoms with Gasteiger partial charge in [0, 0.05) is 21.8 Å². The van der Waals surface area contributed by atoms with Crippen molar-refractivity contribution in [3.8, 4) is 0 Å². The van der Waals surface area contributed by atoms with Crippen LogP contribution in [-0.4, -0.2) is 17.1 Å². The maximum Gasteiger partial charge on any atom is 0.416 e. The van der Waals surface area contributed by atoms with E-state index in [2.05, 4.69) is 10.6 Å². The predicted molar refractivity (Wildman–Crippen MR) is 138 cm³/mol. The molecule has 0 aliphatic heterocycles. The largest absolute Gasteiger partial charge is 0.416 e. The fraction of sp³-hybridized carbons (Fsp3) is 0.143. The van der Waals surface area contributed by atoms with E-state index in [-0.39, 0.29) is 11.6 Å². The molecular weight excluding hydrogens is 485 g/mol. The van der Waals surface area contributed by atoms with Gasteiger partial charge >= 0.3 is 6.18 Å². The number of carbonyl (C=O) groups excluding carboxylic acids is 2. The minimum Gasteiger partial charge on any atom is -0.325 e. The fourth-order valence-electron chi connectivity index (χ4n) is 3.66. The zero-order chi connectivity index (χ0) is 25.7. The zero-order valence-corrected chi connectivity index (χ0v) is 20.1. The van der Waals surface area contributed by atoms with Crippen LogP contribution in [0.3, 0.4) is 0 Å². The van der Waals surface area contributed by atoms with E-state index < -0.39 is 22.9 Å². The number of halogens is 3. The molecule has 0 aliphatic carbocycles. The molecule has 0 radical (unpaired) electrons. The Bertz CT molecular complexity index is 1400. The van der Waals surface area contributed by atoms with E-state index in [4.69, 9.17) is 0 Å². The number of nitrogens with one attached hydrogen (secondary N) is 2. The number of hydrogen-bond donors (Lipinski definition) is 2. The molecule has 36 heavy (non-hydrogen) atoms. The molecule has 2 amide bonds. The Labute approximate surface area is 210 Å². The molecule has 4 aromatic rings. The molecule has 1 unspecified atom stereocenters. The number of carbonyl (C=O) groups is 2. The summed E-state index contributed by atoms with van der Waals surface area (Å²) >= 11 is 1.28. The number of rotatable bonds is 7. The van der Waals surface area contributed by atoms with Gasteiger partial charge < -0.3 is 10.6 Å². The summed E-state index contributed by atoms with van der Waals surface area (Å²) in [6, 6.07) is 24.9. The van der Waals surface area contributed by atoms with Gasteiger partial charge in [-0.25, -0.2) is 0 Å². The Kier molecular flexibility index (Phi) is 7.64. The molecule has 4 aromatic carbocycles. The molecule has 184 valence electrons. The van der Waals surface area contributed by atoms with Gasteiger partial charge in [-0.2, -0.15) is 13.2 Å². The predicted octanol–water partition coefficient (Wildman–Crippen LogP) is 7.62. The number of anilines is 2. The lowest BCUT2D eigenvalue weighted by atomic mass is 10.1. The first kappa shape index (κ1) is 25.3. The van der Waals surface area contributed by atoms with Crippen molar-refractivity contribution < 1.29 is 22.8 Å². The zero-order valence-electron chi connectivity index (χ0n) is 19.3. The van der Waals surface area contributed by atoms with Crippen molar-refractivity contribution in [2.75, 3.05) is 10.6 Å². The Morgan fingerprint density at radius 1 is 0.806 bits per heavy atom. The third kappa shape index (κ3) is 6.26. The van der Waals surface area contributed by atoms with Gasteiger partial charge in [0.15, 0.2) is 0 Å². The molecule has 0 saturated carbocycles. The third-order valence-electron chi connectivity index (χ3n) is 5.50. The van der Waals surface area contributed by atoms with Gasteiger partial charge in [-0.05, 0) is 65.7 Å². The maximum absolute atomic E-state index is 13.0. The van der Waals surface area contributed by atoms with Crippen LogP contribution >= 0.6 is 11.8 Å². The van der Waals surface area contributed by atoms with E-state index in [1.165, 1.54) is 23.9 Å². The van der Waals surface area contributed by atoms with Crippen LogP contribution in [0, 0.1) is 0 Å². The second kappa shape index (κ2) is 10.9. The summed E-state index contributed by atoms with van der Waals surface area (Å²) in [7, 11) is 0. The summed E-state index contributed by atoms with van der Waals surface area (Å²) in [5.74, 6) is -0.648. The van der Waals surface area contributed by atoms with Gasteiger partial charge in [0.2, 0.25) is 5.91 Å². The Hall–Kier alpha value is -3.78. The van der Waals surface area contributed by atoms with Crippen molar-refractivity contribution in [3.63, 3.8) is 0 Å². The van der Waals surface area contributed by atoms with Gasteiger partial charge in [0.25, 0.3) is 5.91 Å². The van der Waals surface area contributed by atoms with E-state index >= 15 is 0 Å². The van der Waals surface area contributed by atoms with E-state index in [9.17, 15) is 22.8 Å². The minimum absolute atomic E-state index is 0.0882. The molecular formula is C28H23F3N2O2S. The summed E-state index contributed by atoms with van der Waals surface area (Å²) in [4.78, 5) is 26.3. The Balaban J connectivity index is 1.43. The van der Waals surface area contributed by atoms with Crippen molar-refractivity contribution in [2.45, 2.75) is 29.7 Å². The number of benzene rings is 4. The third-order valence-corrected chi connectivity index (χ3v) is 6.86. The van der Waals surface area contributed by atoms with Crippen molar-refractivity contribution in [1.29, 1.82) is 0 Å². The van der Waals surface area contributed by atoms with Crippen LogP contribution in [-0.2, 0) is 11.0 Å². The molecule has 4 rings (SSSR count). The molecule has 0 spiro atoms. The standard InChI is InChI=1S/C28H23F3N2O2S/c1-2-25(27(35)33-22-10-5-9-21(16-22)28(29,30)31)36-24-12-6-11-23(17-24)32-26(34)20-14-13-18-7-3-4-8-19(18)15-20/h3-17,25H,2H2,1H3,(H,32,34)(H,33,35). The van der Waals surface area contributed by atoms with E-state index in [0.29, 0.717) is 17.7 Å². The van der Waals surface area contributed by atoms with Crippen molar-refractivity contribution >= 4 is 45.7 Å². The van der Waals surface area contributed by atoms with Crippen LogP contribution in [0.25, 0.3) is 10.8 Å². The van der Waals surface area contributed by atoms with Gasteiger partial charge in [-0.3, -0.25) is 9.59 Å². The lowest BCUT2D eigenvalue weighted by Crippen LogP contribution is -2.24. The molecule has 0 heterocycles. The summed E-state index contributed by atoms with van der Waals surface area (Å²) in [5, 5.41) is 6.94. The number of thioether (sulfide) groups is 1. The highest BCUT2D eigenvalue weighted by atomic mass is 32.2. The molecule has 0 aliphatic rings. The van der Waals surface area contributed by atoms with Gasteiger partial charge in [-0.1, -0.05) is 49.4 Å². The van der Waals surface area contributed by atoms with Gasteiger partial charge in [0.05, 0.1) is 10.8 Å². The molecule has 1 atom stereocenters. The minimum atomic E-state index is -4.49. The average molecular weight is 509 g/mol. The van der Waals surface area contributed by atoms with Crippen molar-refractivity contribution in [3.05, 3.63) is 102 Å². The molecule has 4 nitrogen and oxygen atoms in total. The highest BCUT2D eigenvalue weighted by Crippen LogP contribution is 2.32. The topological polar surface area (TPSA) is 58.2 Å². The quantitative estimate of drug-likeness (QED) is 0.253. The number of amides is 2. The molecule has 0 aromatic heterocycles. The Morgan fingerprint density at radius 3 is 2.22 bits per heavy atom. The first-order chi connectivity index (χ1) is 17.2. The van der Waals surface area contributed by atoms with Crippen LogP contribution in [0.5, 0.6) is 0 Å². The van der Waals surface area contributed by atoms with Gasteiger partial charge in [0.1, 0.15) is 0 Å². The van der Waals surface area contributed by atoms with E-state index in [0.717, 1.165) is 27.8 Å². The molecule has 0 bridgehead atoms. The summed E-state index contributed by atoms with van der Waals surface area (Å²) < 4.78 is 38.9. The normalized spacial score (nSPS) is 12.2. The summed E-state index contributed by atoms with van der Waals surface area (Å²) in [6.07, 6.45) is -4.03. The average Bonchev–Trinajstić information content (AvgIpc) is 2.86. The number of hydrogen-bond acceptors (Lipinski definition) is 3. The lowest BCUT2D eigenvalue weighted by Gasteiger charge is -2.16. The molecule has 0 saturated heterocycles. The van der Waals surface area contributed by atoms with Crippen molar-refractivity contribution in [2.24, 2.45) is 0 Å². The van der Waals surface area contributed by atoms with E-state index in [1.807, 2.05) is 49.4 Å². The van der Waals surface area contributed by atoms with Gasteiger partial charge in [-0.15, -0.1) is 11.8 Å². The second-order valence-electron chi connectivity index (χ2n) is 8.13. The maximum atomic E-state index is 13.0. The molecule has 2 N–H and O–H groups in total. The lowest BCUT2D eigenvalue weighted by molar-refractivity contribution is -0.137. The first-order valence-corrected chi connectivity index (χ1v) is 12.2. The SMILES string of the molecule is CCC(Sc1cccc(NC(=O)c2ccc3ccccc3c2)c1)C(=O)Nc1cccc(C(F)(F)F)c1.